The lowest BCUT2D eigenvalue weighted by Gasteiger charge is -2.04. The first-order chi connectivity index (χ1) is 7.22. The molecule has 0 saturated carbocycles. The van der Waals surface area contributed by atoms with Gasteiger partial charge < -0.3 is 15.2 Å². The molecular formula is C11H11NO3. The number of amides is 1. The Kier molecular flexibility index (Phi) is 2.33. The number of ether oxygens (including phenoxy) is 1. The number of aliphatic hydroxyl groups excluding tert-OH is 1. The highest BCUT2D eigenvalue weighted by molar-refractivity contribution is 6.22. The Bertz CT molecular complexity index is 437. The van der Waals surface area contributed by atoms with Crippen LogP contribution < -0.4 is 10.1 Å². The molecule has 0 spiro atoms. The van der Waals surface area contributed by atoms with Crippen LogP contribution in [-0.2, 0) is 4.79 Å². The van der Waals surface area contributed by atoms with Crippen molar-refractivity contribution in [3.05, 3.63) is 35.6 Å². The van der Waals surface area contributed by atoms with Crippen LogP contribution in [0.2, 0.25) is 0 Å². The van der Waals surface area contributed by atoms with Crippen LogP contribution >= 0.6 is 0 Å². The minimum atomic E-state index is -0.249. The SMILES string of the molecule is COc1cccc(C2=C(O)CNC2=O)c1. The monoisotopic (exact) mass is 205 g/mol. The Hall–Kier alpha value is -1.97. The molecule has 0 radical (unpaired) electrons. The quantitative estimate of drug-likeness (QED) is 0.760. The van der Waals surface area contributed by atoms with Gasteiger partial charge in [-0.2, -0.15) is 0 Å². The van der Waals surface area contributed by atoms with E-state index in [1.54, 1.807) is 31.4 Å². The molecule has 2 rings (SSSR count). The van der Waals surface area contributed by atoms with E-state index in [1.807, 2.05) is 0 Å². The summed E-state index contributed by atoms with van der Waals surface area (Å²) in [6, 6.07) is 7.05. The standard InChI is InChI=1S/C11H11NO3/c1-15-8-4-2-3-7(5-8)10-9(13)6-12-11(10)14/h2-5,13H,6H2,1H3,(H,12,14). The van der Waals surface area contributed by atoms with Crippen molar-refractivity contribution in [2.75, 3.05) is 13.7 Å². The second-order valence-electron chi connectivity index (χ2n) is 3.24. The molecule has 15 heavy (non-hydrogen) atoms. The average Bonchev–Trinajstić information content (AvgIpc) is 2.59. The minimum absolute atomic E-state index is 0.0771. The summed E-state index contributed by atoms with van der Waals surface area (Å²) in [5.41, 5.74) is 0.996. The highest BCUT2D eigenvalue weighted by Crippen LogP contribution is 2.24. The number of methoxy groups -OCH3 is 1. The summed E-state index contributed by atoms with van der Waals surface area (Å²) in [7, 11) is 1.56. The Morgan fingerprint density at radius 1 is 1.47 bits per heavy atom. The third kappa shape index (κ3) is 1.66. The summed E-state index contributed by atoms with van der Waals surface area (Å²) < 4.78 is 5.05. The molecular weight excluding hydrogens is 194 g/mol. The molecule has 0 saturated heterocycles. The summed E-state index contributed by atoms with van der Waals surface area (Å²) in [6.45, 7) is 0.200. The number of rotatable bonds is 2. The lowest BCUT2D eigenvalue weighted by Crippen LogP contribution is -2.17. The minimum Gasteiger partial charge on any atom is -0.510 e. The lowest BCUT2D eigenvalue weighted by molar-refractivity contribution is -0.114. The maximum atomic E-state index is 11.4. The number of carbonyl (C=O) groups is 1. The van der Waals surface area contributed by atoms with Gasteiger partial charge in [0.15, 0.2) is 0 Å². The second kappa shape index (κ2) is 3.65. The van der Waals surface area contributed by atoms with Crippen LogP contribution in [0.1, 0.15) is 5.56 Å². The van der Waals surface area contributed by atoms with Crippen LogP contribution in [0.15, 0.2) is 30.0 Å². The average molecular weight is 205 g/mol. The van der Waals surface area contributed by atoms with Crippen molar-refractivity contribution in [1.82, 2.24) is 5.32 Å². The summed E-state index contributed by atoms with van der Waals surface area (Å²) in [6.07, 6.45) is 0. The van der Waals surface area contributed by atoms with Gasteiger partial charge in [-0.25, -0.2) is 0 Å². The highest BCUT2D eigenvalue weighted by Gasteiger charge is 2.23. The molecule has 1 aromatic carbocycles. The van der Waals surface area contributed by atoms with Crippen molar-refractivity contribution in [3.63, 3.8) is 0 Å². The number of hydrogen-bond donors (Lipinski definition) is 2. The van der Waals surface area contributed by atoms with E-state index in [4.69, 9.17) is 4.74 Å². The molecule has 0 fully saturated rings. The Morgan fingerprint density at radius 3 is 2.87 bits per heavy atom. The molecule has 0 unspecified atom stereocenters. The van der Waals surface area contributed by atoms with Gasteiger partial charge in [0.05, 0.1) is 19.2 Å². The van der Waals surface area contributed by atoms with Crippen LogP contribution in [0.4, 0.5) is 0 Å². The van der Waals surface area contributed by atoms with Gasteiger partial charge in [-0.1, -0.05) is 12.1 Å². The number of carbonyl (C=O) groups excluding carboxylic acids is 1. The fraction of sp³-hybridized carbons (Fsp3) is 0.182. The summed E-state index contributed by atoms with van der Waals surface area (Å²) >= 11 is 0. The van der Waals surface area contributed by atoms with E-state index >= 15 is 0 Å². The smallest absolute Gasteiger partial charge is 0.255 e. The van der Waals surface area contributed by atoms with E-state index in [9.17, 15) is 9.90 Å². The molecule has 0 aromatic heterocycles. The Balaban J connectivity index is 2.45. The van der Waals surface area contributed by atoms with Crippen LogP contribution in [0.5, 0.6) is 5.75 Å². The first-order valence-electron chi connectivity index (χ1n) is 4.57. The molecule has 4 nitrogen and oxygen atoms in total. The molecule has 78 valence electrons. The zero-order chi connectivity index (χ0) is 10.8. The van der Waals surface area contributed by atoms with Gasteiger partial charge >= 0.3 is 0 Å². The van der Waals surface area contributed by atoms with Crippen molar-refractivity contribution in [1.29, 1.82) is 0 Å². The zero-order valence-corrected chi connectivity index (χ0v) is 8.28. The van der Waals surface area contributed by atoms with Gasteiger partial charge in [0.1, 0.15) is 11.5 Å². The van der Waals surface area contributed by atoms with Crippen molar-refractivity contribution in [3.8, 4) is 5.75 Å². The fourth-order valence-corrected chi connectivity index (χ4v) is 1.55. The van der Waals surface area contributed by atoms with Gasteiger partial charge in [-0.05, 0) is 17.7 Å². The first-order valence-corrected chi connectivity index (χ1v) is 4.57. The number of aliphatic hydroxyl groups is 1. The van der Waals surface area contributed by atoms with Gasteiger partial charge in [-0.15, -0.1) is 0 Å². The molecule has 0 atom stereocenters. The van der Waals surface area contributed by atoms with E-state index in [1.165, 1.54) is 0 Å². The topological polar surface area (TPSA) is 58.6 Å². The number of nitrogens with one attached hydrogen (secondary N) is 1. The molecule has 1 aromatic rings. The maximum Gasteiger partial charge on any atom is 0.255 e. The normalized spacial score (nSPS) is 15.4. The van der Waals surface area contributed by atoms with Crippen molar-refractivity contribution in [2.45, 2.75) is 0 Å². The molecule has 0 bridgehead atoms. The van der Waals surface area contributed by atoms with Crippen LogP contribution in [0, 0.1) is 0 Å². The summed E-state index contributed by atoms with van der Waals surface area (Å²) in [5, 5.41) is 12.1. The van der Waals surface area contributed by atoms with E-state index in [0.717, 1.165) is 0 Å². The highest BCUT2D eigenvalue weighted by atomic mass is 16.5. The van der Waals surface area contributed by atoms with Crippen LogP contribution in [0.3, 0.4) is 0 Å². The van der Waals surface area contributed by atoms with Crippen molar-refractivity contribution < 1.29 is 14.6 Å². The molecule has 1 aliphatic heterocycles. The van der Waals surface area contributed by atoms with Crippen molar-refractivity contribution >= 4 is 11.5 Å². The van der Waals surface area contributed by atoms with Gasteiger partial charge in [0.25, 0.3) is 5.91 Å². The van der Waals surface area contributed by atoms with Gasteiger partial charge in [0, 0.05) is 0 Å². The molecule has 1 amide bonds. The number of benzene rings is 1. The van der Waals surface area contributed by atoms with Crippen LogP contribution in [-0.4, -0.2) is 24.7 Å². The molecule has 2 N–H and O–H groups in total. The van der Waals surface area contributed by atoms with E-state index in [2.05, 4.69) is 5.32 Å². The largest absolute Gasteiger partial charge is 0.510 e. The summed E-state index contributed by atoms with van der Waals surface area (Å²) in [5.74, 6) is 0.488. The second-order valence-corrected chi connectivity index (χ2v) is 3.24. The van der Waals surface area contributed by atoms with Gasteiger partial charge in [0.2, 0.25) is 0 Å². The van der Waals surface area contributed by atoms with E-state index in [-0.39, 0.29) is 18.2 Å². The molecule has 0 aliphatic carbocycles. The molecule has 1 aliphatic rings. The molecule has 1 heterocycles. The van der Waals surface area contributed by atoms with Crippen LogP contribution in [0.25, 0.3) is 5.57 Å². The third-order valence-corrected chi connectivity index (χ3v) is 2.29. The lowest BCUT2D eigenvalue weighted by atomic mass is 10.1. The van der Waals surface area contributed by atoms with Crippen molar-refractivity contribution in [2.24, 2.45) is 0 Å². The Morgan fingerprint density at radius 2 is 2.27 bits per heavy atom. The fourth-order valence-electron chi connectivity index (χ4n) is 1.55. The Labute approximate surface area is 87.2 Å². The van der Waals surface area contributed by atoms with E-state index < -0.39 is 0 Å². The van der Waals surface area contributed by atoms with Gasteiger partial charge in [-0.3, -0.25) is 4.79 Å². The zero-order valence-electron chi connectivity index (χ0n) is 8.28. The summed E-state index contributed by atoms with van der Waals surface area (Å²) in [4.78, 5) is 11.4. The predicted octanol–water partition coefficient (Wildman–Crippen LogP) is 1.09. The van der Waals surface area contributed by atoms with E-state index in [0.29, 0.717) is 16.9 Å². The molecule has 4 heteroatoms. The number of hydrogen-bond acceptors (Lipinski definition) is 3. The maximum absolute atomic E-state index is 11.4. The predicted molar refractivity (Wildman–Crippen MR) is 55.6 cm³/mol. The third-order valence-electron chi connectivity index (χ3n) is 2.29. The first kappa shape index (κ1) is 9.58.